The third kappa shape index (κ3) is 5.19. The first-order valence-electron chi connectivity index (χ1n) is 12.6. The minimum Gasteiger partial charge on any atom is -0.378 e. The molecule has 2 amide bonds. The fourth-order valence-corrected chi connectivity index (χ4v) is 6.00. The molecule has 10 heteroatoms. The van der Waals surface area contributed by atoms with Crippen molar-refractivity contribution in [3.63, 3.8) is 0 Å². The molecule has 0 bridgehead atoms. The Labute approximate surface area is 224 Å². The Balaban J connectivity index is 1.73. The highest BCUT2D eigenvalue weighted by molar-refractivity contribution is 8.00. The molecule has 1 aromatic heterocycles. The molecule has 200 valence electrons. The number of aromatic nitrogens is 2. The Morgan fingerprint density at radius 3 is 2.45 bits per heavy atom. The monoisotopic (exact) mass is 540 g/mol. The minimum absolute atomic E-state index is 0.0965. The summed E-state index contributed by atoms with van der Waals surface area (Å²) in [6, 6.07) is 12.2. The summed E-state index contributed by atoms with van der Waals surface area (Å²) in [6.07, 6.45) is 0. The summed E-state index contributed by atoms with van der Waals surface area (Å²) in [5.41, 5.74) is 2.28. The summed E-state index contributed by atoms with van der Waals surface area (Å²) < 4.78 is 35.2. The Morgan fingerprint density at radius 2 is 1.79 bits per heavy atom. The van der Waals surface area contributed by atoms with Crippen LogP contribution in [0.3, 0.4) is 0 Å². The van der Waals surface area contributed by atoms with Gasteiger partial charge in [0.2, 0.25) is 11.8 Å². The molecule has 0 spiro atoms. The van der Waals surface area contributed by atoms with E-state index in [-0.39, 0.29) is 29.9 Å². The van der Waals surface area contributed by atoms with E-state index in [0.717, 1.165) is 11.3 Å². The van der Waals surface area contributed by atoms with Crippen LogP contribution in [0.25, 0.3) is 5.69 Å². The van der Waals surface area contributed by atoms with Gasteiger partial charge in [0, 0.05) is 24.1 Å². The van der Waals surface area contributed by atoms with Crippen LogP contribution in [-0.2, 0) is 19.7 Å². The number of thioether (sulfide) groups is 1. The van der Waals surface area contributed by atoms with Crippen LogP contribution in [0.4, 0.5) is 14.6 Å². The van der Waals surface area contributed by atoms with Gasteiger partial charge in [0.05, 0.1) is 35.6 Å². The van der Waals surface area contributed by atoms with Gasteiger partial charge in [-0.1, -0.05) is 32.9 Å². The fourth-order valence-electron chi connectivity index (χ4n) is 4.82. The summed E-state index contributed by atoms with van der Waals surface area (Å²) >= 11 is 1.39. The number of anilines is 1. The number of rotatable bonds is 4. The Kier molecular flexibility index (Phi) is 7.28. The lowest BCUT2D eigenvalue weighted by molar-refractivity contribution is -0.134. The van der Waals surface area contributed by atoms with E-state index in [0.29, 0.717) is 43.4 Å². The van der Waals surface area contributed by atoms with Crippen LogP contribution in [0, 0.1) is 11.6 Å². The zero-order valence-electron chi connectivity index (χ0n) is 21.6. The lowest BCUT2D eigenvalue weighted by Gasteiger charge is -2.30. The van der Waals surface area contributed by atoms with E-state index in [1.807, 2.05) is 26.8 Å². The summed E-state index contributed by atoms with van der Waals surface area (Å²) in [4.78, 5) is 30.2. The molecule has 2 aromatic carbocycles. The van der Waals surface area contributed by atoms with Crippen molar-refractivity contribution in [2.75, 3.05) is 43.5 Å². The molecule has 0 radical (unpaired) electrons. The molecule has 3 heterocycles. The molecule has 1 fully saturated rings. The van der Waals surface area contributed by atoms with Crippen LogP contribution < -0.4 is 4.90 Å². The van der Waals surface area contributed by atoms with Crippen molar-refractivity contribution >= 4 is 29.4 Å². The van der Waals surface area contributed by atoms with Crippen molar-refractivity contribution in [1.82, 2.24) is 14.7 Å². The van der Waals surface area contributed by atoms with Crippen LogP contribution in [0.15, 0.2) is 48.5 Å². The van der Waals surface area contributed by atoms with E-state index in [1.54, 1.807) is 27.8 Å². The number of carbonyl (C=O) groups is 2. The molecule has 0 N–H and O–H groups in total. The van der Waals surface area contributed by atoms with E-state index < -0.39 is 16.5 Å². The third-order valence-corrected chi connectivity index (χ3v) is 7.93. The molecule has 0 unspecified atom stereocenters. The van der Waals surface area contributed by atoms with Crippen LogP contribution in [0.2, 0.25) is 0 Å². The van der Waals surface area contributed by atoms with Crippen LogP contribution >= 0.6 is 11.8 Å². The summed E-state index contributed by atoms with van der Waals surface area (Å²) in [5.74, 6) is -0.660. The van der Waals surface area contributed by atoms with Crippen molar-refractivity contribution in [3.05, 3.63) is 77.0 Å². The smallest absolute Gasteiger partial charge is 0.242 e. The number of ether oxygens (including phenoxy) is 1. The number of amides is 2. The van der Waals surface area contributed by atoms with Gasteiger partial charge in [-0.2, -0.15) is 5.10 Å². The minimum atomic E-state index is -0.450. The van der Waals surface area contributed by atoms with Gasteiger partial charge in [0.1, 0.15) is 24.0 Å². The lowest BCUT2D eigenvalue weighted by Crippen LogP contribution is -2.48. The van der Waals surface area contributed by atoms with Gasteiger partial charge >= 0.3 is 0 Å². The second-order valence-corrected chi connectivity index (χ2v) is 11.5. The summed E-state index contributed by atoms with van der Waals surface area (Å²) in [7, 11) is 0. The van der Waals surface area contributed by atoms with E-state index in [2.05, 4.69) is 0 Å². The zero-order chi connectivity index (χ0) is 27.0. The topological polar surface area (TPSA) is 67.7 Å². The molecular formula is C28H30F2N4O3S. The number of fused-ring (bicyclic) bond motifs is 1. The van der Waals surface area contributed by atoms with E-state index in [1.165, 1.54) is 40.9 Å². The summed E-state index contributed by atoms with van der Waals surface area (Å²) in [5, 5.41) is 4.55. The van der Waals surface area contributed by atoms with Gasteiger partial charge in [-0.25, -0.2) is 13.5 Å². The molecule has 0 saturated carbocycles. The number of benzene rings is 2. The molecule has 0 aliphatic carbocycles. The predicted octanol–water partition coefficient (Wildman–Crippen LogP) is 4.48. The molecule has 1 atom stereocenters. The fraction of sp³-hybridized carbons (Fsp3) is 0.393. The molecule has 2 aliphatic rings. The number of carbonyl (C=O) groups excluding carboxylic acids is 2. The van der Waals surface area contributed by atoms with E-state index in [9.17, 15) is 18.4 Å². The molecule has 3 aromatic rings. The zero-order valence-corrected chi connectivity index (χ0v) is 22.4. The maximum Gasteiger partial charge on any atom is 0.242 e. The molecule has 1 saturated heterocycles. The number of halogens is 2. The second kappa shape index (κ2) is 10.5. The average molecular weight is 541 g/mol. The highest BCUT2D eigenvalue weighted by Gasteiger charge is 2.40. The van der Waals surface area contributed by atoms with Gasteiger partial charge in [0.15, 0.2) is 0 Å². The molecule has 5 rings (SSSR count). The molecule has 38 heavy (non-hydrogen) atoms. The van der Waals surface area contributed by atoms with Crippen LogP contribution in [0.1, 0.15) is 42.8 Å². The number of hydrogen-bond donors (Lipinski definition) is 0. The van der Waals surface area contributed by atoms with Crippen molar-refractivity contribution in [2.45, 2.75) is 31.4 Å². The first kappa shape index (κ1) is 26.4. The van der Waals surface area contributed by atoms with Crippen molar-refractivity contribution in [2.24, 2.45) is 0 Å². The summed E-state index contributed by atoms with van der Waals surface area (Å²) in [6.45, 7) is 7.71. The standard InChI is InChI=1S/C28H30F2N4O3S/c1-28(2,3)26-24-25(18-5-4-6-20(30)15-18)38-17-23(36)33(16-22(35)32-11-13-37-14-12-32)27(24)34(31-26)21-9-7-19(29)8-10-21/h4-10,15,25H,11-14,16-17H2,1-3H3/t25-/m1/s1. The van der Waals surface area contributed by atoms with E-state index >= 15 is 0 Å². The van der Waals surface area contributed by atoms with Crippen molar-refractivity contribution in [1.29, 1.82) is 0 Å². The van der Waals surface area contributed by atoms with Gasteiger partial charge in [0.25, 0.3) is 0 Å². The van der Waals surface area contributed by atoms with Crippen molar-refractivity contribution < 1.29 is 23.1 Å². The van der Waals surface area contributed by atoms with Gasteiger partial charge in [-0.15, -0.1) is 11.8 Å². The quantitative estimate of drug-likeness (QED) is 0.488. The highest BCUT2D eigenvalue weighted by atomic mass is 32.2. The van der Waals surface area contributed by atoms with Gasteiger partial charge < -0.3 is 9.64 Å². The van der Waals surface area contributed by atoms with Gasteiger partial charge in [-0.3, -0.25) is 14.5 Å². The Bertz CT molecular complexity index is 1350. The molecule has 7 nitrogen and oxygen atoms in total. The number of hydrogen-bond acceptors (Lipinski definition) is 5. The molecular weight excluding hydrogens is 510 g/mol. The average Bonchev–Trinajstić information content (AvgIpc) is 3.22. The van der Waals surface area contributed by atoms with Crippen LogP contribution in [-0.4, -0.2) is 65.1 Å². The first-order valence-corrected chi connectivity index (χ1v) is 13.6. The maximum atomic E-state index is 14.4. The number of nitrogens with zero attached hydrogens (tertiary/aromatic N) is 4. The number of morpholine rings is 1. The Hall–Kier alpha value is -3.24. The van der Waals surface area contributed by atoms with Crippen LogP contribution in [0.5, 0.6) is 0 Å². The predicted molar refractivity (Wildman–Crippen MR) is 143 cm³/mol. The largest absolute Gasteiger partial charge is 0.378 e. The van der Waals surface area contributed by atoms with Gasteiger partial charge in [-0.05, 0) is 42.0 Å². The molecule has 2 aliphatic heterocycles. The maximum absolute atomic E-state index is 14.4. The van der Waals surface area contributed by atoms with Crippen molar-refractivity contribution in [3.8, 4) is 5.69 Å². The highest BCUT2D eigenvalue weighted by Crippen LogP contribution is 2.48. The first-order chi connectivity index (χ1) is 18.1. The van der Waals surface area contributed by atoms with E-state index in [4.69, 9.17) is 9.84 Å². The normalized spacial score (nSPS) is 18.3. The lowest BCUT2D eigenvalue weighted by atomic mass is 9.87. The SMILES string of the molecule is CC(C)(C)c1nn(-c2ccc(F)cc2)c2c1[C@@H](c1cccc(F)c1)SCC(=O)N2CC(=O)N1CCOCC1. The Morgan fingerprint density at radius 1 is 1.08 bits per heavy atom. The third-order valence-electron chi connectivity index (χ3n) is 6.68. The second-order valence-electron chi connectivity index (χ2n) is 10.4.